The molecule has 2 aromatic rings. The van der Waals surface area contributed by atoms with Crippen molar-refractivity contribution in [2.24, 2.45) is 0 Å². The van der Waals surface area contributed by atoms with E-state index < -0.39 is 0 Å². The minimum absolute atomic E-state index is 0.0636. The van der Waals surface area contributed by atoms with Crippen molar-refractivity contribution in [1.29, 1.82) is 0 Å². The second-order valence-corrected chi connectivity index (χ2v) is 6.94. The van der Waals surface area contributed by atoms with Gasteiger partial charge in [-0.3, -0.25) is 4.90 Å². The highest BCUT2D eigenvalue weighted by Crippen LogP contribution is 2.39. The van der Waals surface area contributed by atoms with Crippen molar-refractivity contribution in [3.05, 3.63) is 53.0 Å². The number of nitrogens with zero attached hydrogens (tertiary/aromatic N) is 2. The maximum atomic E-state index is 12.8. The Morgan fingerprint density at radius 1 is 1.09 bits per heavy atom. The first-order chi connectivity index (χ1) is 11.2. The van der Waals surface area contributed by atoms with Gasteiger partial charge in [-0.1, -0.05) is 28.1 Å². The summed E-state index contributed by atoms with van der Waals surface area (Å²) in [6.45, 7) is 1.84. The molecule has 1 unspecified atom stereocenters. The minimum atomic E-state index is -0.0636. The fourth-order valence-corrected chi connectivity index (χ4v) is 3.77. The standard InChI is InChI=1S/C18H18BrN3O/c19-13-7-9-14(10-8-13)20-18(23)22-12-15-4-3-11-21(15)16-5-1-2-6-17(16)22/h1-2,5-10,15H,3-4,11-12H2,(H,20,23). The number of benzene rings is 2. The van der Waals surface area contributed by atoms with Crippen LogP contribution < -0.4 is 15.1 Å². The third kappa shape index (κ3) is 2.70. The molecule has 0 aliphatic carbocycles. The molecule has 4 nitrogen and oxygen atoms in total. The van der Waals surface area contributed by atoms with E-state index in [0.717, 1.165) is 35.4 Å². The first-order valence-corrected chi connectivity index (χ1v) is 8.71. The van der Waals surface area contributed by atoms with Crippen molar-refractivity contribution in [2.45, 2.75) is 18.9 Å². The molecule has 0 aromatic heterocycles. The number of para-hydroxylation sites is 2. The van der Waals surface area contributed by atoms with Gasteiger partial charge >= 0.3 is 6.03 Å². The predicted octanol–water partition coefficient (Wildman–Crippen LogP) is 4.47. The van der Waals surface area contributed by atoms with E-state index in [1.165, 1.54) is 12.1 Å². The molecule has 1 saturated heterocycles. The number of carbonyl (C=O) groups is 1. The number of hydrogen-bond acceptors (Lipinski definition) is 2. The lowest BCUT2D eigenvalue weighted by molar-refractivity contribution is 0.256. The zero-order chi connectivity index (χ0) is 15.8. The van der Waals surface area contributed by atoms with Crippen LogP contribution in [0.3, 0.4) is 0 Å². The third-order valence-electron chi connectivity index (χ3n) is 4.59. The van der Waals surface area contributed by atoms with Crippen LogP contribution in [0.15, 0.2) is 53.0 Å². The average Bonchev–Trinajstić information content (AvgIpc) is 3.05. The Morgan fingerprint density at radius 3 is 2.61 bits per heavy atom. The summed E-state index contributed by atoms with van der Waals surface area (Å²) in [5.41, 5.74) is 2.98. The first-order valence-electron chi connectivity index (χ1n) is 7.92. The topological polar surface area (TPSA) is 35.6 Å². The Kier molecular flexibility index (Phi) is 3.73. The van der Waals surface area contributed by atoms with Crippen molar-refractivity contribution in [3.63, 3.8) is 0 Å². The Labute approximate surface area is 144 Å². The molecule has 2 aromatic carbocycles. The summed E-state index contributed by atoms with van der Waals surface area (Å²) in [5.74, 6) is 0. The molecule has 0 radical (unpaired) electrons. The third-order valence-corrected chi connectivity index (χ3v) is 5.12. The molecule has 2 aliphatic rings. The van der Waals surface area contributed by atoms with Crippen LogP contribution in [0.5, 0.6) is 0 Å². The van der Waals surface area contributed by atoms with Crippen molar-refractivity contribution in [2.75, 3.05) is 28.2 Å². The van der Waals surface area contributed by atoms with E-state index in [4.69, 9.17) is 0 Å². The van der Waals surface area contributed by atoms with E-state index in [1.807, 2.05) is 47.4 Å². The average molecular weight is 372 g/mol. The maximum absolute atomic E-state index is 12.8. The van der Waals surface area contributed by atoms with Crippen molar-refractivity contribution >= 4 is 39.0 Å². The van der Waals surface area contributed by atoms with Gasteiger partial charge in [0.15, 0.2) is 0 Å². The second-order valence-electron chi connectivity index (χ2n) is 6.03. The van der Waals surface area contributed by atoms with Gasteiger partial charge in [0.2, 0.25) is 0 Å². The van der Waals surface area contributed by atoms with E-state index in [1.54, 1.807) is 0 Å². The quantitative estimate of drug-likeness (QED) is 0.802. The van der Waals surface area contributed by atoms with Gasteiger partial charge in [0.25, 0.3) is 0 Å². The van der Waals surface area contributed by atoms with Crippen LogP contribution in [-0.4, -0.2) is 25.2 Å². The van der Waals surface area contributed by atoms with E-state index in [2.05, 4.69) is 32.2 Å². The van der Waals surface area contributed by atoms with E-state index in [0.29, 0.717) is 6.04 Å². The summed E-state index contributed by atoms with van der Waals surface area (Å²) in [5, 5.41) is 3.01. The largest absolute Gasteiger partial charge is 0.365 e. The molecule has 2 heterocycles. The van der Waals surface area contributed by atoms with Crippen LogP contribution >= 0.6 is 15.9 Å². The van der Waals surface area contributed by atoms with E-state index in [-0.39, 0.29) is 6.03 Å². The summed E-state index contributed by atoms with van der Waals surface area (Å²) in [6, 6.07) is 16.2. The zero-order valence-corrected chi connectivity index (χ0v) is 14.3. The van der Waals surface area contributed by atoms with Crippen LogP contribution in [-0.2, 0) is 0 Å². The van der Waals surface area contributed by atoms with Crippen LogP contribution in [0.25, 0.3) is 0 Å². The maximum Gasteiger partial charge on any atom is 0.326 e. The number of rotatable bonds is 1. The first kappa shape index (κ1) is 14.6. The van der Waals surface area contributed by atoms with Gasteiger partial charge in [-0.05, 0) is 49.2 Å². The fraction of sp³-hybridized carbons (Fsp3) is 0.278. The summed E-state index contributed by atoms with van der Waals surface area (Å²) < 4.78 is 1.00. The van der Waals surface area contributed by atoms with Gasteiger partial charge in [-0.15, -0.1) is 0 Å². The molecule has 4 rings (SSSR count). The number of hydrogen-bond donors (Lipinski definition) is 1. The molecule has 118 valence electrons. The summed E-state index contributed by atoms with van der Waals surface area (Å²) in [7, 11) is 0. The van der Waals surface area contributed by atoms with Crippen LogP contribution in [0, 0.1) is 0 Å². The van der Waals surface area contributed by atoms with Crippen molar-refractivity contribution in [1.82, 2.24) is 0 Å². The molecular formula is C18H18BrN3O. The molecule has 2 aliphatic heterocycles. The second kappa shape index (κ2) is 5.89. The Morgan fingerprint density at radius 2 is 1.83 bits per heavy atom. The number of nitrogens with one attached hydrogen (secondary N) is 1. The van der Waals surface area contributed by atoms with Gasteiger partial charge in [0, 0.05) is 29.3 Å². The van der Waals surface area contributed by atoms with E-state index >= 15 is 0 Å². The minimum Gasteiger partial charge on any atom is -0.365 e. The number of anilines is 3. The van der Waals surface area contributed by atoms with Crippen molar-refractivity contribution in [3.8, 4) is 0 Å². The molecule has 5 heteroatoms. The molecule has 2 amide bonds. The van der Waals surface area contributed by atoms with Gasteiger partial charge in [-0.2, -0.15) is 0 Å². The molecule has 1 atom stereocenters. The van der Waals surface area contributed by atoms with Crippen molar-refractivity contribution < 1.29 is 4.79 Å². The molecule has 0 bridgehead atoms. The summed E-state index contributed by atoms with van der Waals surface area (Å²) >= 11 is 3.41. The normalized spacial score (nSPS) is 19.3. The highest BCUT2D eigenvalue weighted by atomic mass is 79.9. The lowest BCUT2D eigenvalue weighted by Crippen LogP contribution is -2.49. The van der Waals surface area contributed by atoms with Gasteiger partial charge in [-0.25, -0.2) is 4.79 Å². The Balaban J connectivity index is 1.62. The SMILES string of the molecule is O=C(Nc1ccc(Br)cc1)N1CC2CCCN2c2ccccc21. The molecular weight excluding hydrogens is 354 g/mol. The number of carbonyl (C=O) groups excluding carboxylic acids is 1. The Bertz CT molecular complexity index is 731. The number of amides is 2. The lowest BCUT2D eigenvalue weighted by atomic mass is 10.1. The predicted molar refractivity (Wildman–Crippen MR) is 97.3 cm³/mol. The summed E-state index contributed by atoms with van der Waals surface area (Å²) in [4.78, 5) is 17.1. The molecule has 23 heavy (non-hydrogen) atoms. The van der Waals surface area contributed by atoms with Gasteiger partial charge < -0.3 is 10.2 Å². The van der Waals surface area contributed by atoms with E-state index in [9.17, 15) is 4.79 Å². The van der Waals surface area contributed by atoms with Gasteiger partial charge in [0.1, 0.15) is 0 Å². The smallest absolute Gasteiger partial charge is 0.326 e. The lowest BCUT2D eigenvalue weighted by Gasteiger charge is -2.40. The molecule has 1 fully saturated rings. The fourth-order valence-electron chi connectivity index (χ4n) is 3.50. The molecule has 0 spiro atoms. The van der Waals surface area contributed by atoms with Crippen LogP contribution in [0.2, 0.25) is 0 Å². The number of halogens is 1. The number of fused-ring (bicyclic) bond motifs is 3. The summed E-state index contributed by atoms with van der Waals surface area (Å²) in [6.07, 6.45) is 2.34. The monoisotopic (exact) mass is 371 g/mol. The highest BCUT2D eigenvalue weighted by molar-refractivity contribution is 9.10. The number of urea groups is 1. The van der Waals surface area contributed by atoms with Crippen LogP contribution in [0.1, 0.15) is 12.8 Å². The Hall–Kier alpha value is -2.01. The van der Waals surface area contributed by atoms with Gasteiger partial charge in [0.05, 0.1) is 11.4 Å². The van der Waals surface area contributed by atoms with Crippen LogP contribution in [0.4, 0.5) is 21.9 Å². The molecule has 1 N–H and O–H groups in total. The highest BCUT2D eigenvalue weighted by Gasteiger charge is 2.36. The zero-order valence-electron chi connectivity index (χ0n) is 12.7. The molecule has 0 saturated carbocycles.